The van der Waals surface area contributed by atoms with E-state index >= 15 is 0 Å². The molecule has 0 saturated heterocycles. The van der Waals surface area contributed by atoms with Crippen LogP contribution in [0, 0.1) is 6.92 Å². The first-order valence-corrected chi connectivity index (χ1v) is 5.88. The number of hydrogen-bond donors (Lipinski definition) is 3. The molecule has 1 unspecified atom stereocenters. The van der Waals surface area contributed by atoms with Crippen molar-refractivity contribution in [3.8, 4) is 0 Å². The van der Waals surface area contributed by atoms with E-state index in [1.807, 2.05) is 32.0 Å². The third-order valence-electron chi connectivity index (χ3n) is 2.38. The molecule has 0 aliphatic heterocycles. The van der Waals surface area contributed by atoms with Crippen LogP contribution in [-0.2, 0) is 0 Å². The molecule has 1 aromatic rings. The van der Waals surface area contributed by atoms with Gasteiger partial charge in [-0.2, -0.15) is 0 Å². The van der Waals surface area contributed by atoms with E-state index in [9.17, 15) is 0 Å². The Hall–Kier alpha value is -1.23. The summed E-state index contributed by atoms with van der Waals surface area (Å²) in [6.07, 6.45) is 0.755. The maximum absolute atomic E-state index is 8.63. The zero-order valence-corrected chi connectivity index (χ0v) is 11.0. The third-order valence-corrected chi connectivity index (χ3v) is 3.27. The summed E-state index contributed by atoms with van der Waals surface area (Å²) in [5.41, 5.74) is 7.67. The summed E-state index contributed by atoms with van der Waals surface area (Å²) >= 11 is 3.44. The van der Waals surface area contributed by atoms with Gasteiger partial charge in [0.15, 0.2) is 5.84 Å². The van der Waals surface area contributed by atoms with Gasteiger partial charge in [0.1, 0.15) is 0 Å². The van der Waals surface area contributed by atoms with Crippen LogP contribution in [0.1, 0.15) is 18.9 Å². The summed E-state index contributed by atoms with van der Waals surface area (Å²) in [4.78, 5) is 0. The molecule has 0 saturated carbocycles. The molecule has 4 N–H and O–H groups in total. The molecule has 4 nitrogen and oxygen atoms in total. The number of halogens is 1. The Bertz CT molecular complexity index is 393. The largest absolute Gasteiger partial charge is 0.409 e. The third kappa shape index (κ3) is 3.13. The van der Waals surface area contributed by atoms with Crippen LogP contribution >= 0.6 is 15.9 Å². The first-order chi connectivity index (χ1) is 7.58. The zero-order valence-electron chi connectivity index (χ0n) is 9.37. The van der Waals surface area contributed by atoms with Crippen LogP contribution in [-0.4, -0.2) is 17.1 Å². The van der Waals surface area contributed by atoms with Crippen molar-refractivity contribution in [3.63, 3.8) is 0 Å². The minimum absolute atomic E-state index is 0.148. The average molecular weight is 286 g/mol. The van der Waals surface area contributed by atoms with Crippen LogP contribution in [0.5, 0.6) is 0 Å². The molecule has 1 rings (SSSR count). The van der Waals surface area contributed by atoms with Crippen molar-refractivity contribution in [1.82, 2.24) is 0 Å². The summed E-state index contributed by atoms with van der Waals surface area (Å²) in [6.45, 7) is 3.99. The van der Waals surface area contributed by atoms with E-state index in [1.165, 1.54) is 0 Å². The van der Waals surface area contributed by atoms with Crippen LogP contribution < -0.4 is 11.1 Å². The maximum atomic E-state index is 8.63. The van der Waals surface area contributed by atoms with Crippen molar-refractivity contribution in [3.05, 3.63) is 28.2 Å². The van der Waals surface area contributed by atoms with Gasteiger partial charge in [0.2, 0.25) is 0 Å². The fraction of sp³-hybridized carbons (Fsp3) is 0.364. The summed E-state index contributed by atoms with van der Waals surface area (Å²) in [7, 11) is 0. The van der Waals surface area contributed by atoms with Crippen molar-refractivity contribution < 1.29 is 5.21 Å². The topological polar surface area (TPSA) is 70.6 Å². The Morgan fingerprint density at radius 3 is 2.81 bits per heavy atom. The van der Waals surface area contributed by atoms with Gasteiger partial charge in [-0.15, -0.1) is 0 Å². The smallest absolute Gasteiger partial charge is 0.161 e. The van der Waals surface area contributed by atoms with Crippen LogP contribution in [0.4, 0.5) is 5.69 Å². The van der Waals surface area contributed by atoms with E-state index in [0.29, 0.717) is 0 Å². The Morgan fingerprint density at radius 1 is 1.62 bits per heavy atom. The van der Waals surface area contributed by atoms with Gasteiger partial charge in [0.05, 0.1) is 6.04 Å². The van der Waals surface area contributed by atoms with Gasteiger partial charge in [-0.25, -0.2) is 0 Å². The van der Waals surface area contributed by atoms with Crippen LogP contribution in [0.2, 0.25) is 0 Å². The van der Waals surface area contributed by atoms with E-state index in [4.69, 9.17) is 10.9 Å². The predicted octanol–water partition coefficient (Wildman–Crippen LogP) is 2.69. The first kappa shape index (κ1) is 12.8. The highest BCUT2D eigenvalue weighted by Gasteiger charge is 2.11. The van der Waals surface area contributed by atoms with E-state index in [2.05, 4.69) is 26.4 Å². The number of anilines is 1. The van der Waals surface area contributed by atoms with Crippen LogP contribution in [0.15, 0.2) is 27.8 Å². The predicted molar refractivity (Wildman–Crippen MR) is 70.0 cm³/mol. The van der Waals surface area contributed by atoms with Crippen molar-refractivity contribution >= 4 is 27.5 Å². The molecule has 0 aliphatic rings. The van der Waals surface area contributed by atoms with Gasteiger partial charge in [-0.05, 0) is 37.1 Å². The van der Waals surface area contributed by atoms with Gasteiger partial charge in [-0.3, -0.25) is 0 Å². The Kier molecular flexibility index (Phi) is 4.61. The maximum Gasteiger partial charge on any atom is 0.161 e. The summed E-state index contributed by atoms with van der Waals surface area (Å²) in [5.74, 6) is 0.197. The molecule has 0 fully saturated rings. The molecule has 1 aromatic carbocycles. The second-order valence-corrected chi connectivity index (χ2v) is 4.45. The van der Waals surface area contributed by atoms with Gasteiger partial charge in [0.25, 0.3) is 0 Å². The van der Waals surface area contributed by atoms with Gasteiger partial charge in [-0.1, -0.05) is 28.0 Å². The lowest BCUT2D eigenvalue weighted by Crippen LogP contribution is -2.35. The average Bonchev–Trinajstić information content (AvgIpc) is 2.29. The Labute approximate surface area is 104 Å². The fourth-order valence-electron chi connectivity index (χ4n) is 1.39. The molecule has 0 spiro atoms. The zero-order chi connectivity index (χ0) is 12.1. The van der Waals surface area contributed by atoms with Crippen molar-refractivity contribution in [2.24, 2.45) is 10.9 Å². The van der Waals surface area contributed by atoms with Gasteiger partial charge in [0, 0.05) is 10.2 Å². The van der Waals surface area contributed by atoms with Crippen LogP contribution in [0.25, 0.3) is 0 Å². The Morgan fingerprint density at radius 2 is 2.31 bits per heavy atom. The van der Waals surface area contributed by atoms with Crippen molar-refractivity contribution in [2.75, 3.05) is 5.32 Å². The number of nitrogens with one attached hydrogen (secondary N) is 1. The number of nitrogens with zero attached hydrogens (tertiary/aromatic N) is 1. The molecule has 0 heterocycles. The number of amidine groups is 1. The molecule has 5 heteroatoms. The lowest BCUT2D eigenvalue weighted by atomic mass is 10.1. The number of rotatable bonds is 4. The van der Waals surface area contributed by atoms with E-state index in [-0.39, 0.29) is 11.9 Å². The van der Waals surface area contributed by atoms with Gasteiger partial charge >= 0.3 is 0 Å². The summed E-state index contributed by atoms with van der Waals surface area (Å²) in [5, 5.41) is 14.9. The molecule has 0 amide bonds. The SMILES string of the molecule is CCC(Nc1ccc(Br)c(C)c1)C(N)=NO. The number of nitrogens with two attached hydrogens (primary N) is 1. The number of benzene rings is 1. The number of aryl methyl sites for hydroxylation is 1. The summed E-state index contributed by atoms with van der Waals surface area (Å²) in [6, 6.07) is 5.78. The minimum atomic E-state index is -0.148. The highest BCUT2D eigenvalue weighted by Crippen LogP contribution is 2.20. The van der Waals surface area contributed by atoms with E-state index in [1.54, 1.807) is 0 Å². The lowest BCUT2D eigenvalue weighted by Gasteiger charge is -2.17. The second-order valence-electron chi connectivity index (χ2n) is 3.59. The van der Waals surface area contributed by atoms with Crippen molar-refractivity contribution in [2.45, 2.75) is 26.3 Å². The lowest BCUT2D eigenvalue weighted by molar-refractivity contribution is 0.316. The molecule has 0 aliphatic carbocycles. The monoisotopic (exact) mass is 285 g/mol. The fourth-order valence-corrected chi connectivity index (χ4v) is 1.64. The first-order valence-electron chi connectivity index (χ1n) is 5.08. The number of hydrogen-bond acceptors (Lipinski definition) is 3. The molecule has 88 valence electrons. The molecule has 16 heavy (non-hydrogen) atoms. The van der Waals surface area contributed by atoms with Crippen molar-refractivity contribution in [1.29, 1.82) is 0 Å². The summed E-state index contributed by atoms with van der Waals surface area (Å²) < 4.78 is 1.06. The normalized spacial score (nSPS) is 13.6. The van der Waals surface area contributed by atoms with Gasteiger partial charge < -0.3 is 16.3 Å². The van der Waals surface area contributed by atoms with E-state index in [0.717, 1.165) is 22.1 Å². The molecule has 0 bridgehead atoms. The quantitative estimate of drug-likeness (QED) is 0.345. The molecule has 0 radical (unpaired) electrons. The molecule has 1 atom stereocenters. The second kappa shape index (κ2) is 5.75. The Balaban J connectivity index is 2.82. The minimum Gasteiger partial charge on any atom is -0.409 e. The highest BCUT2D eigenvalue weighted by molar-refractivity contribution is 9.10. The molecule has 0 aromatic heterocycles. The molecular formula is C11H16BrN3O. The van der Waals surface area contributed by atoms with E-state index < -0.39 is 0 Å². The standard InChI is InChI=1S/C11H16BrN3O/c1-3-10(11(13)15-16)14-8-4-5-9(12)7(2)6-8/h4-6,10,14,16H,3H2,1-2H3,(H2,13,15). The highest BCUT2D eigenvalue weighted by atomic mass is 79.9. The van der Waals surface area contributed by atoms with Crippen LogP contribution in [0.3, 0.4) is 0 Å². The molecular weight excluding hydrogens is 270 g/mol. The number of oxime groups is 1.